The van der Waals surface area contributed by atoms with Gasteiger partial charge in [-0.3, -0.25) is 0 Å². The first kappa shape index (κ1) is 31.1. The number of benzene rings is 1. The molecule has 0 radical (unpaired) electrons. The van der Waals surface area contributed by atoms with Crippen molar-refractivity contribution in [2.75, 3.05) is 6.61 Å². The summed E-state index contributed by atoms with van der Waals surface area (Å²) >= 11 is 6.66. The minimum absolute atomic E-state index is 0.00468. The van der Waals surface area contributed by atoms with Gasteiger partial charge >= 0.3 is 0 Å². The molecule has 5 nitrogen and oxygen atoms in total. The Hall–Kier alpha value is -2.15. The first-order valence-corrected chi connectivity index (χ1v) is 13.5. The highest BCUT2D eigenvalue weighted by Gasteiger charge is 2.21. The number of halogens is 1. The van der Waals surface area contributed by atoms with Gasteiger partial charge in [0.1, 0.15) is 0 Å². The van der Waals surface area contributed by atoms with Gasteiger partial charge in [-0.2, -0.15) is 0 Å². The lowest BCUT2D eigenvalue weighted by molar-refractivity contribution is -0.0585. The second-order valence-electron chi connectivity index (χ2n) is 9.69. The van der Waals surface area contributed by atoms with Gasteiger partial charge in [0.15, 0.2) is 0 Å². The molecule has 1 aromatic heterocycles. The van der Waals surface area contributed by atoms with E-state index in [2.05, 4.69) is 75.2 Å². The average molecular weight is 530 g/mol. The lowest BCUT2D eigenvalue weighted by atomic mass is 9.94. The van der Waals surface area contributed by atoms with Crippen molar-refractivity contribution < 1.29 is 19.7 Å². The highest BCUT2D eigenvalue weighted by atomic mass is 35.5. The Morgan fingerprint density at radius 2 is 1.97 bits per heavy atom. The van der Waals surface area contributed by atoms with Gasteiger partial charge in [0.2, 0.25) is 0 Å². The molecule has 0 bridgehead atoms. The van der Waals surface area contributed by atoms with Crippen LogP contribution in [0.5, 0.6) is 0 Å². The molecule has 1 aliphatic heterocycles. The Morgan fingerprint density at radius 3 is 2.62 bits per heavy atom. The summed E-state index contributed by atoms with van der Waals surface area (Å²) in [6, 6.07) is 8.07. The van der Waals surface area contributed by atoms with Gasteiger partial charge in [-0.25, -0.2) is 0 Å². The Morgan fingerprint density at radius 1 is 1.24 bits per heavy atom. The van der Waals surface area contributed by atoms with E-state index in [-0.39, 0.29) is 30.8 Å². The van der Waals surface area contributed by atoms with Crippen molar-refractivity contribution in [2.45, 2.75) is 83.9 Å². The Balaban J connectivity index is 0.00000235. The van der Waals surface area contributed by atoms with Gasteiger partial charge in [0, 0.05) is 36.3 Å². The molecule has 5 unspecified atom stereocenters. The fourth-order valence-electron chi connectivity index (χ4n) is 4.67. The first-order chi connectivity index (χ1) is 17.7. The lowest BCUT2D eigenvalue weighted by Crippen LogP contribution is -2.22. The molecule has 0 fully saturated rings. The number of ether oxygens (including phenoxy) is 2. The molecule has 204 valence electrons. The van der Waals surface area contributed by atoms with E-state index in [0.717, 1.165) is 16.7 Å². The van der Waals surface area contributed by atoms with E-state index < -0.39 is 6.10 Å². The van der Waals surface area contributed by atoms with Crippen LogP contribution in [-0.2, 0) is 29.5 Å². The third-order valence-corrected chi connectivity index (χ3v) is 6.96. The fourth-order valence-corrected chi connectivity index (χ4v) is 4.85. The van der Waals surface area contributed by atoms with Crippen LogP contribution in [0.25, 0.3) is 0 Å². The molecule has 2 aromatic rings. The zero-order valence-electron chi connectivity index (χ0n) is 23.0. The number of rotatable bonds is 9. The number of allylic oxidation sites excluding steroid dienone is 3. The van der Waals surface area contributed by atoms with Crippen molar-refractivity contribution >= 4 is 11.6 Å². The summed E-state index contributed by atoms with van der Waals surface area (Å²) in [7, 11) is 2.08. The second kappa shape index (κ2) is 15.3. The first-order valence-electron chi connectivity index (χ1n) is 13.1. The largest absolute Gasteiger partial charge is 0.394 e. The molecule has 1 aliphatic rings. The van der Waals surface area contributed by atoms with E-state index in [9.17, 15) is 10.2 Å². The van der Waals surface area contributed by atoms with E-state index >= 15 is 0 Å². The molecule has 0 saturated carbocycles. The number of aromatic nitrogens is 1. The van der Waals surface area contributed by atoms with Gasteiger partial charge in [-0.05, 0) is 61.1 Å². The number of nitrogens with zero attached hydrogens (tertiary/aromatic N) is 1. The highest BCUT2D eigenvalue weighted by molar-refractivity contribution is 6.31. The van der Waals surface area contributed by atoms with Crippen LogP contribution in [-0.4, -0.2) is 39.7 Å². The van der Waals surface area contributed by atoms with Crippen molar-refractivity contribution in [1.29, 1.82) is 0 Å². The second-order valence-corrected chi connectivity index (χ2v) is 10.1. The third kappa shape index (κ3) is 8.98. The minimum atomic E-state index is -0.527. The molecule has 2 heterocycles. The predicted molar refractivity (Wildman–Crippen MR) is 153 cm³/mol. The van der Waals surface area contributed by atoms with Crippen molar-refractivity contribution in [3.05, 3.63) is 94.8 Å². The molecule has 0 saturated heterocycles. The summed E-state index contributed by atoms with van der Waals surface area (Å²) < 4.78 is 14.4. The third-order valence-electron chi connectivity index (χ3n) is 6.59. The Labute approximate surface area is 228 Å². The molecule has 0 spiro atoms. The molecule has 5 atom stereocenters. The number of hydrogen-bond acceptors (Lipinski definition) is 4. The van der Waals surface area contributed by atoms with E-state index in [4.69, 9.17) is 21.1 Å². The van der Waals surface area contributed by atoms with Crippen LogP contribution in [0.15, 0.2) is 67.4 Å². The number of aryl methyl sites for hydroxylation is 1. The summed E-state index contributed by atoms with van der Waals surface area (Å²) in [6.07, 6.45) is 9.31. The van der Waals surface area contributed by atoms with E-state index in [1.54, 1.807) is 6.92 Å². The monoisotopic (exact) mass is 529 g/mol. The molecule has 1 aromatic carbocycles. The van der Waals surface area contributed by atoms with Crippen molar-refractivity contribution in [3.8, 4) is 0 Å². The summed E-state index contributed by atoms with van der Waals surface area (Å²) in [6.45, 7) is 14.5. The van der Waals surface area contributed by atoms with E-state index in [1.807, 2.05) is 19.1 Å². The van der Waals surface area contributed by atoms with Crippen LogP contribution in [0.1, 0.15) is 74.9 Å². The number of fused-ring (bicyclic) bond motifs is 1. The number of aliphatic hydroxyl groups is 2. The molecule has 0 aliphatic carbocycles. The fraction of sp³-hybridized carbons (Fsp3) is 0.484. The van der Waals surface area contributed by atoms with Gasteiger partial charge < -0.3 is 24.3 Å². The lowest BCUT2D eigenvalue weighted by Gasteiger charge is -2.25. The quantitative estimate of drug-likeness (QED) is 0.349. The Kier molecular flexibility index (Phi) is 12.9. The molecular formula is C31H44ClNO4. The normalized spacial score (nSPS) is 22.4. The van der Waals surface area contributed by atoms with Crippen LogP contribution in [0.4, 0.5) is 0 Å². The molecule has 37 heavy (non-hydrogen) atoms. The maximum absolute atomic E-state index is 10.1. The summed E-state index contributed by atoms with van der Waals surface area (Å²) in [5.41, 5.74) is 5.59. The molecular weight excluding hydrogens is 486 g/mol. The van der Waals surface area contributed by atoms with Gasteiger partial charge in [-0.15, -0.1) is 13.2 Å². The standard InChI is InChI=1S/C29H40ClNO4.C2H4/c1-6-26(17-32)35-28(14-20(3)33)23-9-10-27(30)25(16-23)15-22-8-7-21(4)34-18-24-11-12-31(5)29(24)19(2)13-22;1-2/h7-13,16,19-21,26,28,32-33H,6,14-15,17-18H2,1-5H3;1-2H2/b8-7-,22-13+;. The summed E-state index contributed by atoms with van der Waals surface area (Å²) in [4.78, 5) is 0. The molecule has 3 rings (SSSR count). The van der Waals surface area contributed by atoms with E-state index in [1.165, 1.54) is 11.3 Å². The maximum Gasteiger partial charge on any atom is 0.0854 e. The van der Waals surface area contributed by atoms with Gasteiger partial charge in [-0.1, -0.05) is 55.8 Å². The Bertz CT molecular complexity index is 1040. The summed E-state index contributed by atoms with van der Waals surface area (Å²) in [5, 5.41) is 20.4. The SMILES string of the molecule is C=C.CCC(CO)OC(CC(C)O)c1ccc(Cl)c(CC2=C/C(C)c3c(ccn3C)COC(C)/C=C\2)c1. The number of aliphatic hydroxyl groups excluding tert-OH is 2. The van der Waals surface area contributed by atoms with E-state index in [0.29, 0.717) is 30.9 Å². The van der Waals surface area contributed by atoms with Crippen LogP contribution >= 0.6 is 11.6 Å². The molecule has 6 heteroatoms. The topological polar surface area (TPSA) is 63.8 Å². The van der Waals surface area contributed by atoms with Crippen LogP contribution in [0, 0.1) is 0 Å². The summed E-state index contributed by atoms with van der Waals surface area (Å²) in [5.74, 6) is 0.213. The number of hydrogen-bond donors (Lipinski definition) is 2. The van der Waals surface area contributed by atoms with Gasteiger partial charge in [0.25, 0.3) is 0 Å². The molecule has 0 amide bonds. The average Bonchev–Trinajstić information content (AvgIpc) is 3.26. The van der Waals surface area contributed by atoms with Gasteiger partial charge in [0.05, 0.1) is 37.6 Å². The molecule has 2 N–H and O–H groups in total. The predicted octanol–water partition coefficient (Wildman–Crippen LogP) is 6.83. The van der Waals surface area contributed by atoms with Crippen LogP contribution < -0.4 is 0 Å². The van der Waals surface area contributed by atoms with Crippen LogP contribution in [0.3, 0.4) is 0 Å². The zero-order chi connectivity index (χ0) is 27.5. The van der Waals surface area contributed by atoms with Crippen LogP contribution in [0.2, 0.25) is 5.02 Å². The smallest absolute Gasteiger partial charge is 0.0854 e. The minimum Gasteiger partial charge on any atom is -0.394 e. The van der Waals surface area contributed by atoms with Crippen molar-refractivity contribution in [1.82, 2.24) is 4.57 Å². The van der Waals surface area contributed by atoms with Crippen molar-refractivity contribution in [3.63, 3.8) is 0 Å². The highest BCUT2D eigenvalue weighted by Crippen LogP contribution is 2.32. The van der Waals surface area contributed by atoms with Crippen molar-refractivity contribution in [2.24, 2.45) is 7.05 Å². The zero-order valence-corrected chi connectivity index (χ0v) is 23.7. The maximum atomic E-state index is 10.1.